The van der Waals surface area contributed by atoms with Crippen LogP contribution in [0.2, 0.25) is 0 Å². The summed E-state index contributed by atoms with van der Waals surface area (Å²) in [6, 6.07) is 7.61. The van der Waals surface area contributed by atoms with Crippen LogP contribution in [-0.4, -0.2) is 33.4 Å². The van der Waals surface area contributed by atoms with Crippen molar-refractivity contribution < 1.29 is 14.0 Å². The Morgan fingerprint density at radius 1 is 1.33 bits per heavy atom. The SMILES string of the molecule is COc1ccccc1-c1noc([C@H]2OCC[C@H]2Cn2ccnc2)n1. The van der Waals surface area contributed by atoms with E-state index in [0.717, 1.165) is 18.5 Å². The highest BCUT2D eigenvalue weighted by Crippen LogP contribution is 2.36. The number of imidazole rings is 1. The summed E-state index contributed by atoms with van der Waals surface area (Å²) in [6.45, 7) is 1.51. The van der Waals surface area contributed by atoms with Crippen molar-refractivity contribution >= 4 is 0 Å². The molecule has 24 heavy (non-hydrogen) atoms. The lowest BCUT2D eigenvalue weighted by Gasteiger charge is -2.15. The van der Waals surface area contributed by atoms with Crippen molar-refractivity contribution in [1.29, 1.82) is 0 Å². The maximum atomic E-state index is 5.84. The van der Waals surface area contributed by atoms with E-state index in [9.17, 15) is 0 Å². The van der Waals surface area contributed by atoms with Gasteiger partial charge in [0.15, 0.2) is 0 Å². The number of methoxy groups -OCH3 is 1. The molecule has 0 amide bonds. The molecule has 124 valence electrons. The fraction of sp³-hybridized carbons (Fsp3) is 0.353. The fourth-order valence-corrected chi connectivity index (χ4v) is 3.05. The Balaban J connectivity index is 1.57. The molecule has 0 spiro atoms. The van der Waals surface area contributed by atoms with E-state index in [4.69, 9.17) is 14.0 Å². The minimum absolute atomic E-state index is 0.191. The molecule has 7 nitrogen and oxygen atoms in total. The van der Waals surface area contributed by atoms with Crippen LogP contribution in [0.15, 0.2) is 47.5 Å². The third-order valence-electron chi connectivity index (χ3n) is 4.25. The molecule has 4 rings (SSSR count). The number of hydrogen-bond acceptors (Lipinski definition) is 6. The Labute approximate surface area is 139 Å². The first-order chi connectivity index (χ1) is 11.8. The molecule has 1 saturated heterocycles. The molecule has 1 aliphatic heterocycles. The second-order valence-electron chi connectivity index (χ2n) is 5.76. The third kappa shape index (κ3) is 2.78. The Morgan fingerprint density at radius 3 is 3.08 bits per heavy atom. The molecule has 1 aliphatic rings. The summed E-state index contributed by atoms with van der Waals surface area (Å²) in [5.74, 6) is 2.02. The maximum absolute atomic E-state index is 5.84. The number of rotatable bonds is 5. The largest absolute Gasteiger partial charge is 0.496 e. The summed E-state index contributed by atoms with van der Waals surface area (Å²) in [7, 11) is 1.63. The molecular formula is C17H18N4O3. The molecule has 0 aliphatic carbocycles. The number of hydrogen-bond donors (Lipinski definition) is 0. The van der Waals surface area contributed by atoms with Crippen molar-refractivity contribution in [3.05, 3.63) is 48.9 Å². The van der Waals surface area contributed by atoms with E-state index in [1.165, 1.54) is 0 Å². The molecular weight excluding hydrogens is 308 g/mol. The molecule has 3 heterocycles. The highest BCUT2D eigenvalue weighted by Gasteiger charge is 2.34. The standard InChI is InChI=1S/C17H18N4O3/c1-22-14-5-3-2-4-13(14)16-19-17(24-20-16)15-12(6-9-23-15)10-21-8-7-18-11-21/h2-5,7-8,11-12,15H,6,9-10H2,1H3/t12-,15-/m0/s1. The molecule has 0 saturated carbocycles. The third-order valence-corrected chi connectivity index (χ3v) is 4.25. The molecule has 0 unspecified atom stereocenters. The maximum Gasteiger partial charge on any atom is 0.256 e. The first kappa shape index (κ1) is 14.9. The molecule has 1 fully saturated rings. The summed E-state index contributed by atoms with van der Waals surface area (Å²) in [6.07, 6.45) is 6.29. The Hall–Kier alpha value is -2.67. The van der Waals surface area contributed by atoms with Crippen LogP contribution in [0.25, 0.3) is 11.4 Å². The van der Waals surface area contributed by atoms with Gasteiger partial charge in [-0.1, -0.05) is 17.3 Å². The van der Waals surface area contributed by atoms with E-state index in [1.54, 1.807) is 13.3 Å². The highest BCUT2D eigenvalue weighted by molar-refractivity contribution is 5.63. The first-order valence-electron chi connectivity index (χ1n) is 7.89. The van der Waals surface area contributed by atoms with Gasteiger partial charge in [-0.3, -0.25) is 0 Å². The quantitative estimate of drug-likeness (QED) is 0.717. The number of para-hydroxylation sites is 1. The van der Waals surface area contributed by atoms with Gasteiger partial charge in [0.1, 0.15) is 11.9 Å². The van der Waals surface area contributed by atoms with Crippen LogP contribution in [0.4, 0.5) is 0 Å². The van der Waals surface area contributed by atoms with Crippen molar-refractivity contribution in [3.63, 3.8) is 0 Å². The van der Waals surface area contributed by atoms with Crippen molar-refractivity contribution in [2.75, 3.05) is 13.7 Å². The van der Waals surface area contributed by atoms with Gasteiger partial charge >= 0.3 is 0 Å². The molecule has 3 aromatic rings. The zero-order valence-corrected chi connectivity index (χ0v) is 13.3. The van der Waals surface area contributed by atoms with Crippen LogP contribution in [-0.2, 0) is 11.3 Å². The van der Waals surface area contributed by atoms with Crippen LogP contribution in [0.1, 0.15) is 18.4 Å². The van der Waals surface area contributed by atoms with Gasteiger partial charge in [0, 0.05) is 31.5 Å². The molecule has 0 N–H and O–H groups in total. The highest BCUT2D eigenvalue weighted by atomic mass is 16.5. The molecule has 1 aromatic carbocycles. The van der Waals surface area contributed by atoms with E-state index in [2.05, 4.69) is 15.1 Å². The lowest BCUT2D eigenvalue weighted by atomic mass is 10.0. The minimum Gasteiger partial charge on any atom is -0.496 e. The number of benzene rings is 1. The molecule has 7 heteroatoms. The summed E-state index contributed by atoms with van der Waals surface area (Å²) in [5, 5.41) is 4.11. The molecule has 2 atom stereocenters. The van der Waals surface area contributed by atoms with Gasteiger partial charge in [-0.15, -0.1) is 0 Å². The van der Waals surface area contributed by atoms with Gasteiger partial charge in [-0.05, 0) is 18.6 Å². The fourth-order valence-electron chi connectivity index (χ4n) is 3.05. The van der Waals surface area contributed by atoms with Crippen LogP contribution in [0.5, 0.6) is 5.75 Å². The van der Waals surface area contributed by atoms with Gasteiger partial charge in [0.25, 0.3) is 5.89 Å². The zero-order valence-electron chi connectivity index (χ0n) is 13.3. The number of ether oxygens (including phenoxy) is 2. The van der Waals surface area contributed by atoms with Crippen molar-refractivity contribution in [3.8, 4) is 17.1 Å². The van der Waals surface area contributed by atoms with E-state index in [0.29, 0.717) is 24.1 Å². The first-order valence-corrected chi connectivity index (χ1v) is 7.89. The normalized spacial score (nSPS) is 20.4. The van der Waals surface area contributed by atoms with Crippen molar-refractivity contribution in [2.24, 2.45) is 5.92 Å². The molecule has 0 radical (unpaired) electrons. The second-order valence-corrected chi connectivity index (χ2v) is 5.76. The van der Waals surface area contributed by atoms with E-state index < -0.39 is 0 Å². The van der Waals surface area contributed by atoms with Crippen molar-refractivity contribution in [1.82, 2.24) is 19.7 Å². The van der Waals surface area contributed by atoms with E-state index in [1.807, 2.05) is 41.4 Å². The van der Waals surface area contributed by atoms with Gasteiger partial charge in [0.05, 0.1) is 19.0 Å². The summed E-state index contributed by atoms with van der Waals surface area (Å²) < 4.78 is 18.7. The van der Waals surface area contributed by atoms with Crippen molar-refractivity contribution in [2.45, 2.75) is 19.1 Å². The predicted octanol–water partition coefficient (Wildman–Crippen LogP) is 2.72. The summed E-state index contributed by atoms with van der Waals surface area (Å²) >= 11 is 0. The molecule has 2 aromatic heterocycles. The monoisotopic (exact) mass is 326 g/mol. The average Bonchev–Trinajstić information content (AvgIpc) is 3.36. The Morgan fingerprint density at radius 2 is 2.25 bits per heavy atom. The van der Waals surface area contributed by atoms with E-state index in [-0.39, 0.29) is 12.0 Å². The van der Waals surface area contributed by atoms with Crippen LogP contribution in [0, 0.1) is 5.92 Å². The Kier molecular flexibility index (Phi) is 4.00. The van der Waals surface area contributed by atoms with Crippen LogP contribution >= 0.6 is 0 Å². The van der Waals surface area contributed by atoms with Gasteiger partial charge in [-0.25, -0.2) is 4.98 Å². The number of aromatic nitrogens is 4. The lowest BCUT2D eigenvalue weighted by molar-refractivity contribution is 0.0587. The van der Waals surface area contributed by atoms with Crippen LogP contribution < -0.4 is 4.74 Å². The van der Waals surface area contributed by atoms with E-state index >= 15 is 0 Å². The Bertz CT molecular complexity index is 800. The molecule has 0 bridgehead atoms. The van der Waals surface area contributed by atoms with Crippen LogP contribution in [0.3, 0.4) is 0 Å². The topological polar surface area (TPSA) is 75.2 Å². The average molecular weight is 326 g/mol. The predicted molar refractivity (Wildman–Crippen MR) is 85.3 cm³/mol. The smallest absolute Gasteiger partial charge is 0.256 e. The zero-order chi connectivity index (χ0) is 16.4. The minimum atomic E-state index is -0.191. The van der Waals surface area contributed by atoms with Gasteiger partial charge in [-0.2, -0.15) is 4.98 Å². The van der Waals surface area contributed by atoms with Gasteiger partial charge in [0.2, 0.25) is 5.82 Å². The summed E-state index contributed by atoms with van der Waals surface area (Å²) in [4.78, 5) is 8.62. The van der Waals surface area contributed by atoms with Gasteiger partial charge < -0.3 is 18.6 Å². The number of nitrogens with zero attached hydrogens (tertiary/aromatic N) is 4. The lowest BCUT2D eigenvalue weighted by Crippen LogP contribution is -2.14. The second kappa shape index (κ2) is 6.45. The summed E-state index contributed by atoms with van der Waals surface area (Å²) in [5.41, 5.74) is 0.805.